The Bertz CT molecular complexity index is 2140. The second kappa shape index (κ2) is 7.81. The lowest BCUT2D eigenvalue weighted by molar-refractivity contribution is 0.483. The van der Waals surface area contributed by atoms with Crippen molar-refractivity contribution < 1.29 is 4.74 Å². The third-order valence-electron chi connectivity index (χ3n) is 8.10. The highest BCUT2D eigenvalue weighted by Crippen LogP contribution is 2.38. The molecule has 0 fully saturated rings. The number of aromatic nitrogens is 4. The summed E-state index contributed by atoms with van der Waals surface area (Å²) in [6.45, 7) is 8.58. The van der Waals surface area contributed by atoms with Gasteiger partial charge in [-0.15, -0.1) is 0 Å². The first-order valence-electron chi connectivity index (χ1n) is 13.2. The number of benzene rings is 2. The summed E-state index contributed by atoms with van der Waals surface area (Å²) in [5, 5.41) is 4.52. The zero-order chi connectivity index (χ0) is 26.4. The summed E-state index contributed by atoms with van der Waals surface area (Å²) in [5.41, 5.74) is 11.4. The highest BCUT2D eigenvalue weighted by molar-refractivity contribution is 6.14. The molecule has 0 radical (unpaired) electrons. The number of aryl methyl sites for hydroxylation is 4. The largest absolute Gasteiger partial charge is 0.457 e. The Morgan fingerprint density at radius 3 is 1.49 bits per heavy atom. The smallest absolute Gasteiger partial charge is 0.128 e. The van der Waals surface area contributed by atoms with Crippen LogP contribution < -0.4 is 4.74 Å². The van der Waals surface area contributed by atoms with Gasteiger partial charge in [-0.25, -0.2) is 0 Å². The molecule has 0 N–H and O–H groups in total. The Balaban J connectivity index is 1.38. The molecule has 8 rings (SSSR count). The van der Waals surface area contributed by atoms with Crippen molar-refractivity contribution in [1.29, 1.82) is 0 Å². The van der Waals surface area contributed by atoms with Gasteiger partial charge in [0.2, 0.25) is 0 Å². The molecule has 0 aliphatic carbocycles. The van der Waals surface area contributed by atoms with E-state index in [0.717, 1.165) is 55.5 Å². The number of ether oxygens (including phenoxy) is 1. The van der Waals surface area contributed by atoms with E-state index < -0.39 is 0 Å². The fourth-order valence-electron chi connectivity index (χ4n) is 6.48. The summed E-state index contributed by atoms with van der Waals surface area (Å²) < 4.78 is 11.2. The van der Waals surface area contributed by atoms with Crippen LogP contribution in [0.4, 0.5) is 0 Å². The van der Waals surface area contributed by atoms with Gasteiger partial charge in [-0.2, -0.15) is 0 Å². The maximum absolute atomic E-state index is 6.63. The topological polar surface area (TPSA) is 43.8 Å². The molecule has 8 aromatic rings. The highest BCUT2D eigenvalue weighted by Gasteiger charge is 2.17. The average molecular weight is 507 g/mol. The summed E-state index contributed by atoms with van der Waals surface area (Å²) in [6, 6.07) is 21.2. The first kappa shape index (κ1) is 22.1. The third-order valence-corrected chi connectivity index (χ3v) is 8.10. The van der Waals surface area contributed by atoms with Crippen molar-refractivity contribution >= 4 is 54.6 Å². The van der Waals surface area contributed by atoms with Gasteiger partial charge in [0.1, 0.15) is 11.5 Å². The fourth-order valence-corrected chi connectivity index (χ4v) is 6.48. The number of nitrogens with zero attached hydrogens (tertiary/aromatic N) is 4. The number of pyridine rings is 4. The summed E-state index contributed by atoms with van der Waals surface area (Å²) in [5.74, 6) is 1.59. The molecule has 6 heterocycles. The van der Waals surface area contributed by atoms with Crippen LogP contribution in [-0.2, 0) is 0 Å². The second-order valence-corrected chi connectivity index (χ2v) is 10.6. The Morgan fingerprint density at radius 1 is 0.564 bits per heavy atom. The minimum atomic E-state index is 0.797. The Kier molecular flexibility index (Phi) is 4.43. The van der Waals surface area contributed by atoms with Gasteiger partial charge in [0.15, 0.2) is 0 Å². The molecule has 0 aliphatic heterocycles. The van der Waals surface area contributed by atoms with Crippen LogP contribution in [0.2, 0.25) is 0 Å². The monoisotopic (exact) mass is 506 g/mol. The van der Waals surface area contributed by atoms with Gasteiger partial charge < -0.3 is 13.5 Å². The summed E-state index contributed by atoms with van der Waals surface area (Å²) >= 11 is 0. The van der Waals surface area contributed by atoms with Gasteiger partial charge in [0.25, 0.3) is 0 Å². The van der Waals surface area contributed by atoms with E-state index in [1.54, 1.807) is 0 Å². The van der Waals surface area contributed by atoms with Crippen LogP contribution in [0.3, 0.4) is 0 Å². The van der Waals surface area contributed by atoms with Crippen molar-refractivity contribution in [3.05, 3.63) is 108 Å². The number of hydrogen-bond acceptors (Lipinski definition) is 3. The van der Waals surface area contributed by atoms with E-state index in [9.17, 15) is 0 Å². The van der Waals surface area contributed by atoms with Crippen LogP contribution in [0.1, 0.15) is 22.3 Å². The molecule has 5 nitrogen and oxygen atoms in total. The lowest BCUT2D eigenvalue weighted by Crippen LogP contribution is -1.98. The van der Waals surface area contributed by atoms with Gasteiger partial charge >= 0.3 is 0 Å². The molecule has 0 amide bonds. The molecular formula is C34H26N4O. The summed E-state index contributed by atoms with van der Waals surface area (Å²) in [6.07, 6.45) is 8.06. The average Bonchev–Trinajstić information content (AvgIpc) is 3.59. The molecule has 5 heteroatoms. The lowest BCUT2D eigenvalue weighted by Gasteiger charge is -2.16. The van der Waals surface area contributed by atoms with Crippen molar-refractivity contribution in [3.63, 3.8) is 0 Å². The SMILES string of the molecule is Cc1ccnc2c3cc(Oc4cc(C)c5c(c4)c4nccc(C)c4c4cccn45)cc(C)c3n3cccc3c12. The van der Waals surface area contributed by atoms with Crippen LogP contribution in [0.25, 0.3) is 54.6 Å². The molecule has 0 unspecified atom stereocenters. The Labute approximate surface area is 224 Å². The molecule has 0 aliphatic rings. The first-order chi connectivity index (χ1) is 19.0. The van der Waals surface area contributed by atoms with Crippen molar-refractivity contribution in [2.24, 2.45) is 0 Å². The van der Waals surface area contributed by atoms with Crippen LogP contribution in [0.15, 0.2) is 85.5 Å². The maximum atomic E-state index is 6.63. The van der Waals surface area contributed by atoms with E-state index >= 15 is 0 Å². The van der Waals surface area contributed by atoms with Crippen molar-refractivity contribution in [3.8, 4) is 11.5 Å². The molecule has 0 saturated heterocycles. The van der Waals surface area contributed by atoms with E-state index in [0.29, 0.717) is 0 Å². The molecule has 39 heavy (non-hydrogen) atoms. The Morgan fingerprint density at radius 2 is 1.03 bits per heavy atom. The van der Waals surface area contributed by atoms with Crippen molar-refractivity contribution in [2.75, 3.05) is 0 Å². The van der Waals surface area contributed by atoms with Gasteiger partial charge in [-0.3, -0.25) is 9.97 Å². The van der Waals surface area contributed by atoms with Crippen molar-refractivity contribution in [1.82, 2.24) is 18.8 Å². The molecule has 188 valence electrons. The number of fused-ring (bicyclic) bond motifs is 12. The van der Waals surface area contributed by atoms with Crippen LogP contribution in [0, 0.1) is 27.7 Å². The van der Waals surface area contributed by atoms with E-state index in [2.05, 4.69) is 110 Å². The molecule has 0 atom stereocenters. The molecule has 0 saturated carbocycles. The fraction of sp³-hybridized carbons (Fsp3) is 0.118. The van der Waals surface area contributed by atoms with Gasteiger partial charge in [-0.1, -0.05) is 0 Å². The number of hydrogen-bond donors (Lipinski definition) is 0. The Hall–Kier alpha value is -4.90. The van der Waals surface area contributed by atoms with E-state index in [-0.39, 0.29) is 0 Å². The van der Waals surface area contributed by atoms with Gasteiger partial charge in [0.05, 0.1) is 33.1 Å². The van der Waals surface area contributed by atoms with Crippen LogP contribution >= 0.6 is 0 Å². The third kappa shape index (κ3) is 3.01. The minimum Gasteiger partial charge on any atom is -0.457 e. The predicted molar refractivity (Wildman–Crippen MR) is 159 cm³/mol. The summed E-state index contributed by atoms with van der Waals surface area (Å²) in [7, 11) is 0. The molecule has 0 bridgehead atoms. The predicted octanol–water partition coefficient (Wildman–Crippen LogP) is 8.62. The summed E-state index contributed by atoms with van der Waals surface area (Å²) in [4.78, 5) is 9.66. The second-order valence-electron chi connectivity index (χ2n) is 10.6. The van der Waals surface area contributed by atoms with Gasteiger partial charge in [-0.05, 0) is 111 Å². The van der Waals surface area contributed by atoms with Crippen LogP contribution in [-0.4, -0.2) is 18.8 Å². The van der Waals surface area contributed by atoms with Crippen molar-refractivity contribution in [2.45, 2.75) is 27.7 Å². The van der Waals surface area contributed by atoms with Gasteiger partial charge in [0, 0.05) is 46.3 Å². The molecule has 6 aromatic heterocycles. The van der Waals surface area contributed by atoms with E-state index in [1.165, 1.54) is 32.9 Å². The molecular weight excluding hydrogens is 480 g/mol. The standard InChI is InChI=1S/C34H26N4O/c1-19-9-11-35-31-25-17-23(15-21(3)33(25)37-13-5-7-27(37)29(19)31)39-24-16-22(4)34-26(18-24)32-30(20(2)10-12-36-32)28-8-6-14-38(28)34/h5-18H,1-4H3. The number of rotatable bonds is 2. The highest BCUT2D eigenvalue weighted by atomic mass is 16.5. The maximum Gasteiger partial charge on any atom is 0.128 e. The minimum absolute atomic E-state index is 0.797. The zero-order valence-corrected chi connectivity index (χ0v) is 22.3. The lowest BCUT2D eigenvalue weighted by atomic mass is 10.0. The molecule has 2 aromatic carbocycles. The zero-order valence-electron chi connectivity index (χ0n) is 22.3. The quantitative estimate of drug-likeness (QED) is 0.220. The van der Waals surface area contributed by atoms with E-state index in [1.807, 2.05) is 12.4 Å². The first-order valence-corrected chi connectivity index (χ1v) is 13.2. The van der Waals surface area contributed by atoms with E-state index in [4.69, 9.17) is 14.7 Å². The molecule has 0 spiro atoms. The van der Waals surface area contributed by atoms with Crippen LogP contribution in [0.5, 0.6) is 11.5 Å². The normalized spacial score (nSPS) is 12.1.